The predicted octanol–water partition coefficient (Wildman–Crippen LogP) is 3.73. The Kier molecular flexibility index (Phi) is 6.00. The zero-order valence-electron chi connectivity index (χ0n) is 13.2. The number of carbonyl (C=O) groups excluding carboxylic acids is 2. The van der Waals surface area contributed by atoms with Crippen LogP contribution in [0, 0.1) is 12.8 Å². The minimum absolute atomic E-state index is 0.0644. The molecule has 0 atom stereocenters. The Morgan fingerprint density at radius 3 is 2.64 bits per heavy atom. The van der Waals surface area contributed by atoms with Crippen LogP contribution in [0.25, 0.3) is 0 Å². The highest BCUT2D eigenvalue weighted by atomic mass is 79.9. The van der Waals surface area contributed by atoms with Gasteiger partial charge in [0.2, 0.25) is 11.8 Å². The Bertz CT molecular complexity index is 554. The maximum absolute atomic E-state index is 12.1. The number of amides is 2. The van der Waals surface area contributed by atoms with E-state index in [0.29, 0.717) is 12.3 Å². The second-order valence-corrected chi connectivity index (χ2v) is 7.03. The molecule has 1 aromatic carbocycles. The molecule has 5 heteroatoms. The highest BCUT2D eigenvalue weighted by molar-refractivity contribution is 9.10. The molecule has 1 aromatic rings. The van der Waals surface area contributed by atoms with Gasteiger partial charge in [-0.05, 0) is 49.4 Å². The lowest BCUT2D eigenvalue weighted by molar-refractivity contribution is -0.134. The molecule has 0 aromatic heterocycles. The van der Waals surface area contributed by atoms with E-state index >= 15 is 0 Å². The number of hydrogen-bond donors (Lipinski definition) is 1. The molecule has 1 aliphatic carbocycles. The van der Waals surface area contributed by atoms with Crippen LogP contribution >= 0.6 is 15.9 Å². The van der Waals surface area contributed by atoms with E-state index in [2.05, 4.69) is 21.2 Å². The first-order valence-electron chi connectivity index (χ1n) is 7.75. The van der Waals surface area contributed by atoms with Gasteiger partial charge < -0.3 is 10.2 Å². The number of rotatable bonds is 5. The van der Waals surface area contributed by atoms with E-state index < -0.39 is 0 Å². The lowest BCUT2D eigenvalue weighted by Crippen LogP contribution is -2.35. The Labute approximate surface area is 140 Å². The fraction of sp³-hybridized carbons (Fsp3) is 0.529. The van der Waals surface area contributed by atoms with Gasteiger partial charge in [0.05, 0.1) is 6.54 Å². The third kappa shape index (κ3) is 4.83. The van der Waals surface area contributed by atoms with Gasteiger partial charge in [0, 0.05) is 23.6 Å². The summed E-state index contributed by atoms with van der Waals surface area (Å²) in [5.41, 5.74) is 1.77. The van der Waals surface area contributed by atoms with Crippen LogP contribution in [0.5, 0.6) is 0 Å². The topological polar surface area (TPSA) is 49.4 Å². The van der Waals surface area contributed by atoms with Crippen LogP contribution in [-0.4, -0.2) is 30.3 Å². The molecule has 120 valence electrons. The first-order chi connectivity index (χ1) is 10.5. The Morgan fingerprint density at radius 2 is 2.00 bits per heavy atom. The average Bonchev–Trinajstić information content (AvgIpc) is 2.94. The molecule has 0 aliphatic heterocycles. The van der Waals surface area contributed by atoms with Crippen LogP contribution in [0.4, 0.5) is 5.69 Å². The van der Waals surface area contributed by atoms with Crippen molar-refractivity contribution >= 4 is 33.4 Å². The van der Waals surface area contributed by atoms with Crippen molar-refractivity contribution < 1.29 is 9.59 Å². The average molecular weight is 367 g/mol. The van der Waals surface area contributed by atoms with E-state index in [9.17, 15) is 9.59 Å². The minimum atomic E-state index is -0.160. The molecule has 4 nitrogen and oxygen atoms in total. The fourth-order valence-electron chi connectivity index (χ4n) is 2.88. The van der Waals surface area contributed by atoms with Gasteiger partial charge in [0.25, 0.3) is 0 Å². The van der Waals surface area contributed by atoms with E-state index in [1.54, 1.807) is 7.05 Å². The van der Waals surface area contributed by atoms with E-state index in [1.807, 2.05) is 25.1 Å². The van der Waals surface area contributed by atoms with Crippen molar-refractivity contribution in [1.82, 2.24) is 4.90 Å². The number of likely N-dealkylation sites (N-methyl/N-ethyl adjacent to an activating group) is 1. The summed E-state index contributed by atoms with van der Waals surface area (Å²) in [7, 11) is 1.70. The number of nitrogens with one attached hydrogen (secondary N) is 1. The van der Waals surface area contributed by atoms with Crippen molar-refractivity contribution in [2.45, 2.75) is 39.0 Å². The fourth-order valence-corrected chi connectivity index (χ4v) is 3.35. The number of benzene rings is 1. The molecule has 0 saturated heterocycles. The highest BCUT2D eigenvalue weighted by Gasteiger charge is 2.21. The van der Waals surface area contributed by atoms with Gasteiger partial charge in [-0.1, -0.05) is 28.8 Å². The first kappa shape index (κ1) is 17.0. The van der Waals surface area contributed by atoms with E-state index in [4.69, 9.17) is 0 Å². The summed E-state index contributed by atoms with van der Waals surface area (Å²) in [6.45, 7) is 2.04. The summed E-state index contributed by atoms with van der Waals surface area (Å²) in [6.07, 6.45) is 5.31. The standard InChI is InChI=1S/C17H23BrN2O2/c1-12-9-14(18)7-8-15(12)19-16(21)11-20(2)17(22)10-13-5-3-4-6-13/h7-9,13H,3-6,10-11H2,1-2H3,(H,19,21). The van der Waals surface area contributed by atoms with Gasteiger partial charge in [-0.15, -0.1) is 0 Å². The monoisotopic (exact) mass is 366 g/mol. The number of nitrogens with zero attached hydrogens (tertiary/aromatic N) is 1. The maximum Gasteiger partial charge on any atom is 0.243 e. The third-order valence-corrected chi connectivity index (χ3v) is 4.70. The molecule has 0 heterocycles. The predicted molar refractivity (Wildman–Crippen MR) is 91.7 cm³/mol. The quantitative estimate of drug-likeness (QED) is 0.862. The second-order valence-electron chi connectivity index (χ2n) is 6.11. The van der Waals surface area contributed by atoms with E-state index in [-0.39, 0.29) is 18.4 Å². The van der Waals surface area contributed by atoms with Crippen molar-refractivity contribution in [2.24, 2.45) is 5.92 Å². The number of carbonyl (C=O) groups is 2. The highest BCUT2D eigenvalue weighted by Crippen LogP contribution is 2.27. The Balaban J connectivity index is 1.83. The molecule has 2 rings (SSSR count). The van der Waals surface area contributed by atoms with Crippen molar-refractivity contribution in [2.75, 3.05) is 18.9 Å². The molecular formula is C17H23BrN2O2. The maximum atomic E-state index is 12.1. The van der Waals surface area contributed by atoms with Gasteiger partial charge in [-0.3, -0.25) is 9.59 Å². The van der Waals surface area contributed by atoms with Crippen LogP contribution in [-0.2, 0) is 9.59 Å². The van der Waals surface area contributed by atoms with Crippen LogP contribution in [0.3, 0.4) is 0 Å². The SMILES string of the molecule is Cc1cc(Br)ccc1NC(=O)CN(C)C(=O)CC1CCCC1. The number of halogens is 1. The lowest BCUT2D eigenvalue weighted by Gasteiger charge is -2.19. The molecule has 0 radical (unpaired) electrons. The summed E-state index contributed by atoms with van der Waals surface area (Å²) in [5, 5.41) is 2.86. The van der Waals surface area contributed by atoms with Gasteiger partial charge in [-0.25, -0.2) is 0 Å². The summed E-state index contributed by atoms with van der Waals surface area (Å²) in [6, 6.07) is 5.69. The summed E-state index contributed by atoms with van der Waals surface area (Å²) >= 11 is 3.40. The first-order valence-corrected chi connectivity index (χ1v) is 8.55. The lowest BCUT2D eigenvalue weighted by atomic mass is 10.0. The Morgan fingerprint density at radius 1 is 1.32 bits per heavy atom. The second kappa shape index (κ2) is 7.77. The van der Waals surface area contributed by atoms with Gasteiger partial charge >= 0.3 is 0 Å². The van der Waals surface area contributed by atoms with E-state index in [1.165, 1.54) is 17.7 Å². The van der Waals surface area contributed by atoms with Crippen LogP contribution in [0.2, 0.25) is 0 Å². The van der Waals surface area contributed by atoms with Gasteiger partial charge in [0.1, 0.15) is 0 Å². The largest absolute Gasteiger partial charge is 0.336 e. The zero-order chi connectivity index (χ0) is 16.1. The van der Waals surface area contributed by atoms with Crippen LogP contribution < -0.4 is 5.32 Å². The minimum Gasteiger partial charge on any atom is -0.336 e. The molecule has 1 aliphatic rings. The van der Waals surface area contributed by atoms with Crippen LogP contribution in [0.1, 0.15) is 37.7 Å². The van der Waals surface area contributed by atoms with Gasteiger partial charge in [0.15, 0.2) is 0 Å². The molecule has 1 saturated carbocycles. The summed E-state index contributed by atoms with van der Waals surface area (Å²) < 4.78 is 0.979. The van der Waals surface area contributed by atoms with Crippen molar-refractivity contribution in [3.63, 3.8) is 0 Å². The normalized spacial score (nSPS) is 14.9. The van der Waals surface area contributed by atoms with Crippen molar-refractivity contribution in [3.05, 3.63) is 28.2 Å². The van der Waals surface area contributed by atoms with Gasteiger partial charge in [-0.2, -0.15) is 0 Å². The van der Waals surface area contributed by atoms with Crippen molar-refractivity contribution in [1.29, 1.82) is 0 Å². The third-order valence-electron chi connectivity index (χ3n) is 4.21. The van der Waals surface area contributed by atoms with E-state index in [0.717, 1.165) is 28.6 Å². The Hall–Kier alpha value is -1.36. The zero-order valence-corrected chi connectivity index (χ0v) is 14.8. The molecule has 0 bridgehead atoms. The smallest absolute Gasteiger partial charge is 0.243 e. The number of anilines is 1. The molecule has 1 fully saturated rings. The molecule has 0 spiro atoms. The molecule has 1 N–H and O–H groups in total. The summed E-state index contributed by atoms with van der Waals surface area (Å²) in [4.78, 5) is 25.8. The summed E-state index contributed by atoms with van der Waals surface area (Å²) in [5.74, 6) is 0.411. The molecular weight excluding hydrogens is 344 g/mol. The molecule has 2 amide bonds. The molecule has 0 unspecified atom stereocenters. The van der Waals surface area contributed by atoms with Crippen LogP contribution in [0.15, 0.2) is 22.7 Å². The van der Waals surface area contributed by atoms with Crippen molar-refractivity contribution in [3.8, 4) is 0 Å². The number of aryl methyl sites for hydroxylation is 1. The molecule has 22 heavy (non-hydrogen) atoms. The number of hydrogen-bond acceptors (Lipinski definition) is 2.